The van der Waals surface area contributed by atoms with Gasteiger partial charge in [-0.15, -0.1) is 0 Å². The molecule has 0 saturated carbocycles. The third-order valence-corrected chi connectivity index (χ3v) is 6.56. The Kier molecular flexibility index (Phi) is 11.8. The SMILES string of the molecule is CCCCCCCCOC(=O)/C(=C1\C=C(N(CCO)CCO)CC(C)(C)C1)S(C)(=O)=O. The lowest BCUT2D eigenvalue weighted by atomic mass is 9.76. The Hall–Kier alpha value is -1.38. The minimum Gasteiger partial charge on any atom is -0.462 e. The summed E-state index contributed by atoms with van der Waals surface area (Å²) in [5.41, 5.74) is 0.958. The number of unbranched alkanes of at least 4 members (excludes halogenated alkanes) is 5. The van der Waals surface area contributed by atoms with Gasteiger partial charge in [-0.1, -0.05) is 52.9 Å². The highest BCUT2D eigenvalue weighted by Crippen LogP contribution is 2.41. The van der Waals surface area contributed by atoms with Crippen LogP contribution in [0, 0.1) is 5.41 Å². The molecule has 1 rings (SSSR count). The van der Waals surface area contributed by atoms with Crippen LogP contribution in [0.4, 0.5) is 0 Å². The van der Waals surface area contributed by atoms with E-state index in [0.29, 0.717) is 31.5 Å². The average Bonchev–Trinajstić information content (AvgIpc) is 2.65. The summed E-state index contributed by atoms with van der Waals surface area (Å²) in [6.07, 6.45) is 10.1. The largest absolute Gasteiger partial charge is 0.462 e. The average molecular weight is 460 g/mol. The molecule has 0 aromatic carbocycles. The van der Waals surface area contributed by atoms with Crippen LogP contribution in [-0.4, -0.2) is 68.7 Å². The number of nitrogens with zero attached hydrogens (tertiary/aromatic N) is 1. The van der Waals surface area contributed by atoms with Gasteiger partial charge >= 0.3 is 5.97 Å². The topological polar surface area (TPSA) is 104 Å². The van der Waals surface area contributed by atoms with Crippen molar-refractivity contribution in [3.8, 4) is 0 Å². The molecule has 0 aromatic rings. The molecule has 2 N–H and O–H groups in total. The van der Waals surface area contributed by atoms with E-state index in [9.17, 15) is 23.4 Å². The Bertz CT molecular complexity index is 733. The van der Waals surface area contributed by atoms with E-state index in [2.05, 4.69) is 6.92 Å². The zero-order valence-electron chi connectivity index (χ0n) is 19.7. The van der Waals surface area contributed by atoms with E-state index < -0.39 is 15.8 Å². The van der Waals surface area contributed by atoms with Crippen molar-refractivity contribution >= 4 is 15.8 Å². The van der Waals surface area contributed by atoms with Crippen LogP contribution in [0.25, 0.3) is 0 Å². The van der Waals surface area contributed by atoms with Crippen LogP contribution in [0.1, 0.15) is 72.1 Å². The van der Waals surface area contributed by atoms with E-state index >= 15 is 0 Å². The molecule has 0 saturated heterocycles. The molecule has 0 aromatic heterocycles. The highest BCUT2D eigenvalue weighted by molar-refractivity contribution is 7.95. The Morgan fingerprint density at radius 3 is 2.19 bits per heavy atom. The molecule has 7 nitrogen and oxygen atoms in total. The quantitative estimate of drug-likeness (QED) is 0.233. The van der Waals surface area contributed by atoms with Crippen molar-refractivity contribution < 1.29 is 28.2 Å². The van der Waals surface area contributed by atoms with Crippen molar-refractivity contribution in [2.75, 3.05) is 39.2 Å². The van der Waals surface area contributed by atoms with E-state index in [0.717, 1.165) is 37.6 Å². The first kappa shape index (κ1) is 27.7. The highest BCUT2D eigenvalue weighted by Gasteiger charge is 2.34. The normalized spacial score (nSPS) is 17.8. The fourth-order valence-electron chi connectivity index (χ4n) is 3.99. The Balaban J connectivity index is 3.10. The molecular formula is C23H41NO6S. The van der Waals surface area contributed by atoms with Gasteiger partial charge in [-0.2, -0.15) is 0 Å². The third-order valence-electron chi connectivity index (χ3n) is 5.39. The molecule has 8 heteroatoms. The summed E-state index contributed by atoms with van der Waals surface area (Å²) in [6, 6.07) is 0. The number of aliphatic hydroxyl groups is 2. The Morgan fingerprint density at radius 1 is 1.06 bits per heavy atom. The number of sulfone groups is 1. The molecule has 1 aliphatic carbocycles. The number of esters is 1. The number of rotatable bonds is 14. The molecule has 0 unspecified atom stereocenters. The summed E-state index contributed by atoms with van der Waals surface area (Å²) in [5, 5.41) is 18.7. The van der Waals surface area contributed by atoms with Gasteiger partial charge in [-0.25, -0.2) is 13.2 Å². The maximum absolute atomic E-state index is 12.8. The second-order valence-corrected chi connectivity index (χ2v) is 11.1. The van der Waals surface area contributed by atoms with Crippen LogP contribution < -0.4 is 0 Å². The Morgan fingerprint density at radius 2 is 1.65 bits per heavy atom. The van der Waals surface area contributed by atoms with Crippen molar-refractivity contribution in [1.82, 2.24) is 4.90 Å². The third kappa shape index (κ3) is 9.74. The minimum atomic E-state index is -3.80. The van der Waals surface area contributed by atoms with Crippen LogP contribution in [0.2, 0.25) is 0 Å². The lowest BCUT2D eigenvalue weighted by Crippen LogP contribution is -2.34. The van der Waals surface area contributed by atoms with Crippen molar-refractivity contribution in [2.24, 2.45) is 5.41 Å². The molecule has 1 aliphatic rings. The highest BCUT2D eigenvalue weighted by atomic mass is 32.2. The van der Waals surface area contributed by atoms with E-state index in [1.54, 1.807) is 6.08 Å². The van der Waals surface area contributed by atoms with Crippen LogP contribution in [0.5, 0.6) is 0 Å². The molecule has 0 heterocycles. The minimum absolute atomic E-state index is 0.0873. The van der Waals surface area contributed by atoms with Gasteiger partial charge in [-0.3, -0.25) is 0 Å². The predicted molar refractivity (Wildman–Crippen MR) is 123 cm³/mol. The first-order chi connectivity index (χ1) is 14.6. The van der Waals surface area contributed by atoms with Crippen LogP contribution in [-0.2, 0) is 19.4 Å². The van der Waals surface area contributed by atoms with Crippen molar-refractivity contribution in [3.63, 3.8) is 0 Å². The van der Waals surface area contributed by atoms with E-state index in [1.807, 2.05) is 18.7 Å². The summed E-state index contributed by atoms with van der Waals surface area (Å²) in [4.78, 5) is 14.3. The number of aliphatic hydroxyl groups excluding tert-OH is 2. The first-order valence-corrected chi connectivity index (χ1v) is 13.2. The summed E-state index contributed by atoms with van der Waals surface area (Å²) < 4.78 is 30.4. The predicted octanol–water partition coefficient (Wildman–Crippen LogP) is 3.18. The number of allylic oxidation sites excluding steroid dienone is 3. The zero-order valence-corrected chi connectivity index (χ0v) is 20.5. The molecular weight excluding hydrogens is 418 g/mol. The molecule has 0 radical (unpaired) electrons. The molecule has 180 valence electrons. The van der Waals surface area contributed by atoms with Gasteiger partial charge in [0.2, 0.25) is 0 Å². The second kappa shape index (κ2) is 13.2. The number of carbonyl (C=O) groups is 1. The summed E-state index contributed by atoms with van der Waals surface area (Å²) in [7, 11) is -3.80. The van der Waals surface area contributed by atoms with Gasteiger partial charge < -0.3 is 19.8 Å². The lowest BCUT2D eigenvalue weighted by molar-refractivity contribution is -0.138. The second-order valence-electron chi connectivity index (χ2n) is 9.12. The van der Waals surface area contributed by atoms with Crippen molar-refractivity contribution in [2.45, 2.75) is 72.1 Å². The lowest BCUT2D eigenvalue weighted by Gasteiger charge is -2.37. The molecule has 0 bridgehead atoms. The molecule has 31 heavy (non-hydrogen) atoms. The first-order valence-electron chi connectivity index (χ1n) is 11.3. The summed E-state index contributed by atoms with van der Waals surface area (Å²) in [6.45, 7) is 6.86. The van der Waals surface area contributed by atoms with E-state index in [1.165, 1.54) is 12.8 Å². The zero-order chi connectivity index (χ0) is 23.5. The summed E-state index contributed by atoms with van der Waals surface area (Å²) in [5.74, 6) is -0.796. The van der Waals surface area contributed by atoms with Gasteiger partial charge in [0.1, 0.15) is 0 Å². The number of ether oxygens (including phenoxy) is 1. The summed E-state index contributed by atoms with van der Waals surface area (Å²) >= 11 is 0. The molecule has 0 atom stereocenters. The van der Waals surface area contributed by atoms with Gasteiger partial charge in [-0.05, 0) is 36.3 Å². The molecule has 0 amide bonds. The van der Waals surface area contributed by atoms with Gasteiger partial charge in [0.05, 0.1) is 19.8 Å². The van der Waals surface area contributed by atoms with Gasteiger partial charge in [0, 0.05) is 25.0 Å². The van der Waals surface area contributed by atoms with Crippen molar-refractivity contribution in [3.05, 3.63) is 22.3 Å². The van der Waals surface area contributed by atoms with E-state index in [4.69, 9.17) is 4.74 Å². The fraction of sp³-hybridized carbons (Fsp3) is 0.783. The van der Waals surface area contributed by atoms with Gasteiger partial charge in [0.15, 0.2) is 14.7 Å². The maximum Gasteiger partial charge on any atom is 0.350 e. The van der Waals surface area contributed by atoms with Gasteiger partial charge in [0.25, 0.3) is 0 Å². The fourth-order valence-corrected chi connectivity index (χ4v) is 4.96. The molecule has 0 aliphatic heterocycles. The molecule has 0 spiro atoms. The number of hydrogen-bond donors (Lipinski definition) is 2. The maximum atomic E-state index is 12.8. The smallest absolute Gasteiger partial charge is 0.350 e. The van der Waals surface area contributed by atoms with Crippen LogP contribution in [0.15, 0.2) is 22.3 Å². The monoisotopic (exact) mass is 459 g/mol. The van der Waals surface area contributed by atoms with Crippen LogP contribution in [0.3, 0.4) is 0 Å². The standard InChI is InChI=1S/C23H41NO6S/c1-5-6-7-8-9-10-15-30-22(27)21(31(4,28)29)19-16-20(18-23(2,3)17-19)24(11-13-25)12-14-26/h16,25-26H,5-15,17-18H2,1-4H3/b21-19-. The van der Waals surface area contributed by atoms with Crippen LogP contribution >= 0.6 is 0 Å². The Labute approximate surface area is 188 Å². The number of carbonyl (C=O) groups excluding carboxylic acids is 1. The molecule has 0 fully saturated rings. The van der Waals surface area contributed by atoms with E-state index in [-0.39, 0.29) is 30.1 Å². The number of hydrogen-bond acceptors (Lipinski definition) is 7. The van der Waals surface area contributed by atoms with Crippen molar-refractivity contribution in [1.29, 1.82) is 0 Å².